The van der Waals surface area contributed by atoms with Gasteiger partial charge in [-0.1, -0.05) is 6.08 Å². The number of hydrogen-bond acceptors (Lipinski definition) is 5. The van der Waals surface area contributed by atoms with Crippen LogP contribution in [0.25, 0.3) is 11.4 Å². The van der Waals surface area contributed by atoms with Crippen LogP contribution in [0.15, 0.2) is 37.2 Å². The summed E-state index contributed by atoms with van der Waals surface area (Å²) < 4.78 is 5.78. The molecule has 0 N–H and O–H groups in total. The van der Waals surface area contributed by atoms with Crippen molar-refractivity contribution in [2.75, 3.05) is 24.6 Å². The van der Waals surface area contributed by atoms with Crippen molar-refractivity contribution in [3.8, 4) is 11.4 Å². The molecular formula is C18H22N4O. The fraction of sp³-hybridized carbons (Fsp3) is 0.389. The Labute approximate surface area is 137 Å². The number of aryl methyl sites for hydroxylation is 1. The van der Waals surface area contributed by atoms with E-state index in [0.717, 1.165) is 48.0 Å². The van der Waals surface area contributed by atoms with E-state index in [4.69, 9.17) is 9.72 Å². The highest BCUT2D eigenvalue weighted by atomic mass is 16.5. The summed E-state index contributed by atoms with van der Waals surface area (Å²) >= 11 is 0. The molecule has 0 aromatic carbocycles. The Morgan fingerprint density at radius 1 is 1.39 bits per heavy atom. The lowest BCUT2D eigenvalue weighted by molar-refractivity contribution is 0.0909. The van der Waals surface area contributed by atoms with Gasteiger partial charge in [0.05, 0.1) is 12.7 Å². The molecular weight excluding hydrogens is 288 g/mol. The summed E-state index contributed by atoms with van der Waals surface area (Å²) in [7, 11) is 0. The fourth-order valence-corrected chi connectivity index (χ4v) is 2.81. The summed E-state index contributed by atoms with van der Waals surface area (Å²) in [6.07, 6.45) is 6.60. The summed E-state index contributed by atoms with van der Waals surface area (Å²) in [4.78, 5) is 15.9. The Bertz CT molecular complexity index is 687. The maximum absolute atomic E-state index is 5.78. The number of aromatic nitrogens is 3. The molecule has 0 bridgehead atoms. The first-order valence-corrected chi connectivity index (χ1v) is 7.92. The minimum Gasteiger partial charge on any atom is -0.372 e. The molecule has 2 aromatic rings. The third-order valence-electron chi connectivity index (χ3n) is 4.18. The van der Waals surface area contributed by atoms with Gasteiger partial charge in [0.2, 0.25) is 0 Å². The van der Waals surface area contributed by atoms with Crippen molar-refractivity contribution in [2.45, 2.75) is 26.4 Å². The SMILES string of the molecule is C=CCOC1CCN(c2nc(-c3cccnc3)nc(C)c2C)C1. The number of anilines is 1. The molecule has 0 aliphatic carbocycles. The second kappa shape index (κ2) is 6.87. The Morgan fingerprint density at radius 3 is 3.00 bits per heavy atom. The van der Waals surface area contributed by atoms with E-state index in [-0.39, 0.29) is 6.10 Å². The average Bonchev–Trinajstić information content (AvgIpc) is 3.05. The molecule has 1 atom stereocenters. The zero-order valence-electron chi connectivity index (χ0n) is 13.7. The summed E-state index contributed by atoms with van der Waals surface area (Å²) in [5.41, 5.74) is 3.07. The van der Waals surface area contributed by atoms with Gasteiger partial charge >= 0.3 is 0 Å². The molecule has 0 saturated carbocycles. The maximum atomic E-state index is 5.78. The van der Waals surface area contributed by atoms with Crippen LogP contribution >= 0.6 is 0 Å². The van der Waals surface area contributed by atoms with Gasteiger partial charge in [0, 0.05) is 42.3 Å². The van der Waals surface area contributed by atoms with Gasteiger partial charge in [0.25, 0.3) is 0 Å². The second-order valence-corrected chi connectivity index (χ2v) is 5.80. The third-order valence-corrected chi connectivity index (χ3v) is 4.18. The van der Waals surface area contributed by atoms with Crippen molar-refractivity contribution < 1.29 is 4.74 Å². The van der Waals surface area contributed by atoms with Crippen LogP contribution in [0.1, 0.15) is 17.7 Å². The van der Waals surface area contributed by atoms with E-state index in [1.807, 2.05) is 19.1 Å². The van der Waals surface area contributed by atoms with Gasteiger partial charge in [0.1, 0.15) is 5.82 Å². The van der Waals surface area contributed by atoms with Crippen molar-refractivity contribution in [3.63, 3.8) is 0 Å². The summed E-state index contributed by atoms with van der Waals surface area (Å²) in [6.45, 7) is 10.2. The van der Waals surface area contributed by atoms with Crippen LogP contribution in [0, 0.1) is 13.8 Å². The minimum atomic E-state index is 0.240. The predicted octanol–water partition coefficient (Wildman–Crippen LogP) is 2.94. The van der Waals surface area contributed by atoms with Gasteiger partial charge in [0.15, 0.2) is 5.82 Å². The van der Waals surface area contributed by atoms with Gasteiger partial charge in [-0.05, 0) is 32.4 Å². The van der Waals surface area contributed by atoms with Crippen molar-refractivity contribution >= 4 is 5.82 Å². The van der Waals surface area contributed by atoms with E-state index < -0.39 is 0 Å². The highest BCUT2D eigenvalue weighted by Gasteiger charge is 2.26. The zero-order chi connectivity index (χ0) is 16.2. The molecule has 2 aromatic heterocycles. The van der Waals surface area contributed by atoms with Crippen LogP contribution in [0.3, 0.4) is 0 Å². The summed E-state index contributed by atoms with van der Waals surface area (Å²) in [6, 6.07) is 3.89. The first-order chi connectivity index (χ1) is 11.2. The third kappa shape index (κ3) is 3.40. The Hall–Kier alpha value is -2.27. The van der Waals surface area contributed by atoms with E-state index >= 15 is 0 Å². The van der Waals surface area contributed by atoms with E-state index in [1.54, 1.807) is 18.5 Å². The quantitative estimate of drug-likeness (QED) is 0.795. The van der Waals surface area contributed by atoms with E-state index in [2.05, 4.69) is 28.4 Å². The smallest absolute Gasteiger partial charge is 0.163 e. The largest absolute Gasteiger partial charge is 0.372 e. The number of ether oxygens (including phenoxy) is 1. The van der Waals surface area contributed by atoms with Crippen molar-refractivity contribution in [2.24, 2.45) is 0 Å². The number of rotatable bonds is 5. The molecule has 1 aliphatic rings. The van der Waals surface area contributed by atoms with Gasteiger partial charge in [-0.3, -0.25) is 4.98 Å². The molecule has 0 amide bonds. The molecule has 3 heterocycles. The Morgan fingerprint density at radius 2 is 2.26 bits per heavy atom. The average molecular weight is 310 g/mol. The maximum Gasteiger partial charge on any atom is 0.163 e. The molecule has 5 heteroatoms. The molecule has 1 aliphatic heterocycles. The Kier molecular flexibility index (Phi) is 4.67. The molecule has 1 unspecified atom stereocenters. The number of hydrogen-bond donors (Lipinski definition) is 0. The molecule has 23 heavy (non-hydrogen) atoms. The molecule has 1 saturated heterocycles. The normalized spacial score (nSPS) is 17.5. The lowest BCUT2D eigenvalue weighted by Gasteiger charge is -2.21. The van der Waals surface area contributed by atoms with E-state index in [1.165, 1.54) is 0 Å². The van der Waals surface area contributed by atoms with Gasteiger partial charge < -0.3 is 9.64 Å². The van der Waals surface area contributed by atoms with Crippen LogP contribution in [0.4, 0.5) is 5.82 Å². The lowest BCUT2D eigenvalue weighted by Crippen LogP contribution is -2.25. The van der Waals surface area contributed by atoms with E-state index in [0.29, 0.717) is 6.61 Å². The number of pyridine rings is 1. The minimum absolute atomic E-state index is 0.240. The first-order valence-electron chi connectivity index (χ1n) is 7.92. The van der Waals surface area contributed by atoms with Crippen LogP contribution in [0.2, 0.25) is 0 Å². The summed E-state index contributed by atoms with van der Waals surface area (Å²) in [5.74, 6) is 1.73. The topological polar surface area (TPSA) is 51.1 Å². The van der Waals surface area contributed by atoms with Crippen molar-refractivity contribution in [1.29, 1.82) is 0 Å². The van der Waals surface area contributed by atoms with Gasteiger partial charge in [-0.2, -0.15) is 0 Å². The zero-order valence-corrected chi connectivity index (χ0v) is 13.7. The molecule has 3 rings (SSSR count). The fourth-order valence-electron chi connectivity index (χ4n) is 2.81. The molecule has 5 nitrogen and oxygen atoms in total. The predicted molar refractivity (Wildman–Crippen MR) is 91.5 cm³/mol. The monoisotopic (exact) mass is 310 g/mol. The van der Waals surface area contributed by atoms with Gasteiger partial charge in [-0.15, -0.1) is 6.58 Å². The van der Waals surface area contributed by atoms with Crippen LogP contribution in [-0.2, 0) is 4.74 Å². The van der Waals surface area contributed by atoms with Gasteiger partial charge in [-0.25, -0.2) is 9.97 Å². The lowest BCUT2D eigenvalue weighted by atomic mass is 10.2. The van der Waals surface area contributed by atoms with Crippen molar-refractivity contribution in [1.82, 2.24) is 15.0 Å². The highest BCUT2D eigenvalue weighted by molar-refractivity contribution is 5.59. The second-order valence-electron chi connectivity index (χ2n) is 5.80. The van der Waals surface area contributed by atoms with E-state index in [9.17, 15) is 0 Å². The van der Waals surface area contributed by atoms with Crippen LogP contribution in [0.5, 0.6) is 0 Å². The van der Waals surface area contributed by atoms with Crippen LogP contribution in [-0.4, -0.2) is 40.8 Å². The summed E-state index contributed by atoms with van der Waals surface area (Å²) in [5, 5.41) is 0. The number of nitrogens with zero attached hydrogens (tertiary/aromatic N) is 4. The molecule has 0 radical (unpaired) electrons. The van der Waals surface area contributed by atoms with Crippen LogP contribution < -0.4 is 4.90 Å². The molecule has 120 valence electrons. The standard InChI is InChI=1S/C18H22N4O/c1-4-10-23-16-7-9-22(12-16)18-13(2)14(3)20-17(21-18)15-6-5-8-19-11-15/h4-6,8,11,16H,1,7,9-10,12H2,2-3H3. The first kappa shape index (κ1) is 15.6. The Balaban J connectivity index is 1.87. The molecule has 0 spiro atoms. The van der Waals surface area contributed by atoms with Crippen molar-refractivity contribution in [3.05, 3.63) is 48.4 Å². The highest BCUT2D eigenvalue weighted by Crippen LogP contribution is 2.27. The molecule has 1 fully saturated rings.